The molecule has 0 aliphatic carbocycles. The summed E-state index contributed by atoms with van der Waals surface area (Å²) in [6, 6.07) is 16.8. The largest absolute Gasteiger partial charge is 0.497 e. The van der Waals surface area contributed by atoms with Crippen molar-refractivity contribution in [3.05, 3.63) is 82.4 Å². The van der Waals surface area contributed by atoms with Gasteiger partial charge in [0.1, 0.15) is 22.3 Å². The van der Waals surface area contributed by atoms with Crippen LogP contribution in [-0.2, 0) is 28.0 Å². The lowest BCUT2D eigenvalue weighted by Crippen LogP contribution is -2.46. The summed E-state index contributed by atoms with van der Waals surface area (Å²) in [7, 11) is 3.28. The summed E-state index contributed by atoms with van der Waals surface area (Å²) in [5.41, 5.74) is 2.79. The van der Waals surface area contributed by atoms with Crippen LogP contribution in [0.1, 0.15) is 35.5 Å². The molecule has 5 rings (SSSR count). The summed E-state index contributed by atoms with van der Waals surface area (Å²) in [5, 5.41) is 0.689. The van der Waals surface area contributed by atoms with Gasteiger partial charge in [0.05, 0.1) is 37.8 Å². The number of halogens is 3. The van der Waals surface area contributed by atoms with Crippen LogP contribution in [0.4, 0.5) is 18.9 Å². The van der Waals surface area contributed by atoms with E-state index in [1.54, 1.807) is 39.8 Å². The molecule has 1 aliphatic rings. The van der Waals surface area contributed by atoms with Gasteiger partial charge < -0.3 is 23.8 Å². The third-order valence-electron chi connectivity index (χ3n) is 8.15. The average Bonchev–Trinajstić information content (AvgIpc) is 3.50. The Morgan fingerprint density at radius 3 is 2.35 bits per heavy atom. The van der Waals surface area contributed by atoms with E-state index in [-0.39, 0.29) is 6.61 Å². The summed E-state index contributed by atoms with van der Waals surface area (Å²) < 4.78 is 61.6. The highest BCUT2D eigenvalue weighted by molar-refractivity contribution is 7.98. The maximum absolute atomic E-state index is 13.2. The SMILES string of the molecule is CCOC(=O)C(C)Oc1ccc(SCc2sc(-c3ccc(C(F)(F)F)cc3)nc2CN2CCN(c3ccc(OC)cc3OC)CC2)cc1C. The molecule has 0 radical (unpaired) electrons. The number of thioether (sulfide) groups is 1. The molecule has 1 aromatic heterocycles. The van der Waals surface area contributed by atoms with Crippen LogP contribution in [-0.4, -0.2) is 69.0 Å². The van der Waals surface area contributed by atoms with Gasteiger partial charge in [-0.1, -0.05) is 12.1 Å². The van der Waals surface area contributed by atoms with Gasteiger partial charge in [0.25, 0.3) is 0 Å². The van der Waals surface area contributed by atoms with Crippen LogP contribution in [0.2, 0.25) is 0 Å². The van der Waals surface area contributed by atoms with Gasteiger partial charge in [-0.2, -0.15) is 13.2 Å². The first-order valence-electron chi connectivity index (χ1n) is 15.9. The number of piperazine rings is 1. The van der Waals surface area contributed by atoms with Crippen LogP contribution in [0.5, 0.6) is 17.2 Å². The molecule has 1 atom stereocenters. The number of esters is 1. The molecule has 1 saturated heterocycles. The third-order valence-corrected chi connectivity index (χ3v) is 10.5. The highest BCUT2D eigenvalue weighted by Crippen LogP contribution is 2.37. The van der Waals surface area contributed by atoms with E-state index >= 15 is 0 Å². The Bertz CT molecular complexity index is 1720. The van der Waals surface area contributed by atoms with Gasteiger partial charge in [-0.25, -0.2) is 9.78 Å². The number of aryl methyl sites for hydroxylation is 1. The fourth-order valence-electron chi connectivity index (χ4n) is 5.44. The zero-order valence-corrected chi connectivity index (χ0v) is 29.8. The van der Waals surface area contributed by atoms with Gasteiger partial charge in [-0.15, -0.1) is 23.1 Å². The molecule has 49 heavy (non-hydrogen) atoms. The number of anilines is 1. The van der Waals surface area contributed by atoms with E-state index in [9.17, 15) is 18.0 Å². The van der Waals surface area contributed by atoms with Crippen molar-refractivity contribution in [1.82, 2.24) is 9.88 Å². The molecular formula is C36H40F3N3O5S2. The van der Waals surface area contributed by atoms with Crippen molar-refractivity contribution in [1.29, 1.82) is 0 Å². The molecular weight excluding hydrogens is 676 g/mol. The number of hydrogen-bond donors (Lipinski definition) is 0. The quantitative estimate of drug-likeness (QED) is 0.101. The Kier molecular flexibility index (Phi) is 12.0. The number of aromatic nitrogens is 1. The lowest BCUT2D eigenvalue weighted by Gasteiger charge is -2.36. The van der Waals surface area contributed by atoms with Gasteiger partial charge in [-0.05, 0) is 68.8 Å². The molecule has 0 saturated carbocycles. The molecule has 262 valence electrons. The van der Waals surface area contributed by atoms with Crippen molar-refractivity contribution in [3.63, 3.8) is 0 Å². The van der Waals surface area contributed by atoms with Crippen LogP contribution in [0, 0.1) is 6.92 Å². The van der Waals surface area contributed by atoms with Crippen molar-refractivity contribution >= 4 is 34.8 Å². The van der Waals surface area contributed by atoms with Gasteiger partial charge in [0.15, 0.2) is 6.10 Å². The fraction of sp³-hybridized carbons (Fsp3) is 0.389. The number of carbonyl (C=O) groups excluding carboxylic acids is 1. The van der Waals surface area contributed by atoms with E-state index < -0.39 is 23.8 Å². The Morgan fingerprint density at radius 2 is 1.71 bits per heavy atom. The number of rotatable bonds is 13. The van der Waals surface area contributed by atoms with Crippen LogP contribution >= 0.6 is 23.1 Å². The van der Waals surface area contributed by atoms with Crippen LogP contribution < -0.4 is 19.1 Å². The number of alkyl halides is 3. The molecule has 8 nitrogen and oxygen atoms in total. The minimum Gasteiger partial charge on any atom is -0.497 e. The zero-order chi connectivity index (χ0) is 35.1. The van der Waals surface area contributed by atoms with Crippen molar-refractivity contribution in [2.24, 2.45) is 0 Å². The average molecular weight is 716 g/mol. The highest BCUT2D eigenvalue weighted by Gasteiger charge is 2.30. The molecule has 1 aliphatic heterocycles. The standard InChI is InChI=1S/C36H40F3N3O5S2/c1-6-46-35(43)24(3)47-31-14-12-28(19-23(31)2)48-22-33-29(40-34(49-33)25-7-9-26(10-8-25)36(37,38)39)21-41-15-17-42(18-16-41)30-13-11-27(44-4)20-32(30)45-5/h7-14,19-20,24H,6,15-18,21-22H2,1-5H3. The van der Waals surface area contributed by atoms with E-state index in [4.69, 9.17) is 23.9 Å². The van der Waals surface area contributed by atoms with Crippen LogP contribution in [0.25, 0.3) is 10.6 Å². The van der Waals surface area contributed by atoms with E-state index in [0.717, 1.165) is 76.5 Å². The second kappa shape index (κ2) is 16.2. The second-order valence-electron chi connectivity index (χ2n) is 11.5. The van der Waals surface area contributed by atoms with Gasteiger partial charge in [0.2, 0.25) is 0 Å². The van der Waals surface area contributed by atoms with Crippen molar-refractivity contribution < 1.29 is 36.9 Å². The Balaban J connectivity index is 1.31. The van der Waals surface area contributed by atoms with Gasteiger partial charge >= 0.3 is 12.1 Å². The topological polar surface area (TPSA) is 73.4 Å². The lowest BCUT2D eigenvalue weighted by atomic mass is 10.1. The second-order valence-corrected chi connectivity index (χ2v) is 13.6. The van der Waals surface area contributed by atoms with Gasteiger partial charge in [0, 0.05) is 59.9 Å². The van der Waals surface area contributed by atoms with Gasteiger partial charge in [-0.3, -0.25) is 4.90 Å². The third kappa shape index (κ3) is 9.20. The van der Waals surface area contributed by atoms with Crippen LogP contribution in [0.3, 0.4) is 0 Å². The van der Waals surface area contributed by atoms with E-state index in [0.29, 0.717) is 28.6 Å². The number of hydrogen-bond acceptors (Lipinski definition) is 10. The molecule has 2 heterocycles. The van der Waals surface area contributed by atoms with Crippen molar-refractivity contribution in [3.8, 4) is 27.8 Å². The predicted molar refractivity (Wildman–Crippen MR) is 187 cm³/mol. The molecule has 0 amide bonds. The summed E-state index contributed by atoms with van der Waals surface area (Å²) in [5.74, 6) is 2.33. The number of methoxy groups -OCH3 is 2. The van der Waals surface area contributed by atoms with Crippen molar-refractivity contribution in [2.45, 2.75) is 50.2 Å². The Morgan fingerprint density at radius 1 is 0.980 bits per heavy atom. The van der Waals surface area contributed by atoms with Crippen LogP contribution in [0.15, 0.2) is 65.6 Å². The number of carbonyl (C=O) groups is 1. The summed E-state index contributed by atoms with van der Waals surface area (Å²) >= 11 is 3.16. The zero-order valence-electron chi connectivity index (χ0n) is 28.1. The van der Waals surface area contributed by atoms with E-state index in [2.05, 4.69) is 9.80 Å². The molecule has 1 unspecified atom stereocenters. The number of nitrogens with zero attached hydrogens (tertiary/aromatic N) is 3. The van der Waals surface area contributed by atoms with E-state index in [1.807, 2.05) is 43.3 Å². The van der Waals surface area contributed by atoms with Crippen molar-refractivity contribution in [2.75, 3.05) is 51.9 Å². The normalized spacial score (nSPS) is 14.4. The summed E-state index contributed by atoms with van der Waals surface area (Å²) in [6.45, 7) is 9.46. The molecule has 13 heteroatoms. The minimum atomic E-state index is -4.40. The smallest absolute Gasteiger partial charge is 0.416 e. The Labute approximate surface area is 293 Å². The maximum atomic E-state index is 13.2. The molecule has 0 N–H and O–H groups in total. The first kappa shape index (κ1) is 36.3. The highest BCUT2D eigenvalue weighted by atomic mass is 32.2. The summed E-state index contributed by atoms with van der Waals surface area (Å²) in [4.78, 5) is 23.7. The maximum Gasteiger partial charge on any atom is 0.416 e. The van der Waals surface area contributed by atoms with E-state index in [1.165, 1.54) is 23.5 Å². The Hall–Kier alpha value is -3.94. The number of ether oxygens (including phenoxy) is 4. The minimum absolute atomic E-state index is 0.288. The molecule has 4 aromatic rings. The number of thiazole rings is 1. The monoisotopic (exact) mass is 715 g/mol. The molecule has 0 spiro atoms. The fourth-order valence-corrected chi connectivity index (χ4v) is 7.61. The number of benzene rings is 3. The lowest BCUT2D eigenvalue weighted by molar-refractivity contribution is -0.150. The molecule has 3 aromatic carbocycles. The summed E-state index contributed by atoms with van der Waals surface area (Å²) in [6.07, 6.45) is -5.12. The molecule has 1 fully saturated rings. The first-order valence-corrected chi connectivity index (χ1v) is 17.7. The molecule has 0 bridgehead atoms. The predicted octanol–water partition coefficient (Wildman–Crippen LogP) is 8.10. The first-order chi connectivity index (χ1) is 23.5.